The van der Waals surface area contributed by atoms with Gasteiger partial charge in [0.25, 0.3) is 5.91 Å². The number of likely N-dealkylation sites (tertiary alicyclic amines) is 1. The number of aromatic nitrogens is 2. The molecule has 1 atom stereocenters. The third-order valence-electron chi connectivity index (χ3n) is 10.0. The van der Waals surface area contributed by atoms with E-state index in [4.69, 9.17) is 0 Å². The average Bonchev–Trinajstić information content (AvgIpc) is 3.59. The number of nitrogens with zero attached hydrogens (tertiary/aromatic N) is 3. The zero-order chi connectivity index (χ0) is 33.8. The van der Waals surface area contributed by atoms with Crippen LogP contribution in [-0.4, -0.2) is 56.9 Å². The number of amides is 2. The van der Waals surface area contributed by atoms with E-state index in [1.807, 2.05) is 42.7 Å². The van der Waals surface area contributed by atoms with Gasteiger partial charge < -0.3 is 15.3 Å². The molecule has 3 heterocycles. The monoisotopic (exact) mass is 664 g/mol. The molecule has 1 saturated carbocycles. The standard InChI is InChI=1S/C39H44N4O4S/c1-4-25-5-9-27(10-6-25)28-13-15-29(16-14-28)31-20-40-36(41-21-31)30-11-7-26(8-12-30)19-33(38(45)43-22-32(23-43)39(46)47)42-37(44)35-18-17-34(48-35)24(2)3/h7-8,11-18,20-21,24-25,27,32-33H,4-6,9-10,19,22-23H2,1-3H3,(H,42,44)(H,46,47)/t25?,27?,33-/m0/s1. The van der Waals surface area contributed by atoms with Crippen LogP contribution in [0.3, 0.4) is 0 Å². The van der Waals surface area contributed by atoms with Crippen LogP contribution in [-0.2, 0) is 16.0 Å². The number of carbonyl (C=O) groups excluding carboxylic acids is 2. The van der Waals surface area contributed by atoms with Crippen LogP contribution in [0.25, 0.3) is 22.5 Å². The van der Waals surface area contributed by atoms with Gasteiger partial charge in [0.2, 0.25) is 5.91 Å². The first-order chi connectivity index (χ1) is 23.2. The molecule has 48 heavy (non-hydrogen) atoms. The first-order valence-electron chi connectivity index (χ1n) is 17.1. The van der Waals surface area contributed by atoms with Crippen molar-refractivity contribution < 1.29 is 19.5 Å². The van der Waals surface area contributed by atoms with Gasteiger partial charge in [-0.1, -0.05) is 75.7 Å². The van der Waals surface area contributed by atoms with Gasteiger partial charge in [0.15, 0.2) is 5.82 Å². The molecule has 4 aromatic rings. The summed E-state index contributed by atoms with van der Waals surface area (Å²) in [4.78, 5) is 50.4. The van der Waals surface area contributed by atoms with Crippen molar-refractivity contribution >= 4 is 29.1 Å². The minimum atomic E-state index is -0.914. The van der Waals surface area contributed by atoms with Gasteiger partial charge in [0.1, 0.15) is 6.04 Å². The third kappa shape index (κ3) is 7.67. The van der Waals surface area contributed by atoms with Crippen LogP contribution in [0.5, 0.6) is 0 Å². The van der Waals surface area contributed by atoms with Gasteiger partial charge in [-0.15, -0.1) is 11.3 Å². The van der Waals surface area contributed by atoms with Gasteiger partial charge in [-0.2, -0.15) is 0 Å². The molecule has 0 spiro atoms. The lowest BCUT2D eigenvalue weighted by molar-refractivity contribution is -0.153. The first kappa shape index (κ1) is 33.5. The number of thiophene rings is 1. The number of carboxylic acid groups (broad SMARTS) is 1. The van der Waals surface area contributed by atoms with E-state index in [0.29, 0.717) is 22.5 Å². The van der Waals surface area contributed by atoms with E-state index < -0.39 is 17.9 Å². The van der Waals surface area contributed by atoms with E-state index >= 15 is 0 Å². The molecule has 2 fully saturated rings. The Balaban J connectivity index is 1.11. The Labute approximate surface area is 286 Å². The average molecular weight is 665 g/mol. The van der Waals surface area contributed by atoms with Crippen molar-refractivity contribution in [2.75, 3.05) is 13.1 Å². The lowest BCUT2D eigenvalue weighted by Gasteiger charge is -2.38. The molecule has 2 N–H and O–H groups in total. The van der Waals surface area contributed by atoms with Crippen LogP contribution in [0.4, 0.5) is 0 Å². The van der Waals surface area contributed by atoms with Crippen LogP contribution in [0, 0.1) is 11.8 Å². The molecule has 2 aromatic carbocycles. The second-order valence-electron chi connectivity index (χ2n) is 13.6. The Morgan fingerprint density at radius 3 is 2.10 bits per heavy atom. The normalized spacial score (nSPS) is 18.7. The lowest BCUT2D eigenvalue weighted by Crippen LogP contribution is -2.59. The van der Waals surface area contributed by atoms with Crippen molar-refractivity contribution in [2.24, 2.45) is 11.8 Å². The van der Waals surface area contributed by atoms with Crippen LogP contribution < -0.4 is 5.32 Å². The largest absolute Gasteiger partial charge is 0.481 e. The summed E-state index contributed by atoms with van der Waals surface area (Å²) in [5.41, 5.74) is 5.20. The molecule has 1 aliphatic carbocycles. The Morgan fingerprint density at radius 1 is 0.875 bits per heavy atom. The molecule has 9 heteroatoms. The summed E-state index contributed by atoms with van der Waals surface area (Å²) < 4.78 is 0. The summed E-state index contributed by atoms with van der Waals surface area (Å²) in [6.07, 6.45) is 10.5. The molecule has 0 unspecified atom stereocenters. The smallest absolute Gasteiger partial charge is 0.310 e. The number of aliphatic carboxylic acids is 1. The molecule has 2 aliphatic rings. The van der Waals surface area contributed by atoms with E-state index in [1.54, 1.807) is 6.07 Å². The fourth-order valence-electron chi connectivity index (χ4n) is 6.75. The van der Waals surface area contributed by atoms with Crippen LogP contribution >= 0.6 is 11.3 Å². The Hall–Kier alpha value is -4.37. The van der Waals surface area contributed by atoms with E-state index in [2.05, 4.69) is 60.3 Å². The number of carboxylic acids is 1. The minimum Gasteiger partial charge on any atom is -0.481 e. The Kier molecular flexibility index (Phi) is 10.3. The summed E-state index contributed by atoms with van der Waals surface area (Å²) in [5.74, 6) is 0.386. The number of rotatable bonds is 11. The highest BCUT2D eigenvalue weighted by Crippen LogP contribution is 2.37. The highest BCUT2D eigenvalue weighted by atomic mass is 32.1. The van der Waals surface area contributed by atoms with E-state index in [-0.39, 0.29) is 31.3 Å². The van der Waals surface area contributed by atoms with Crippen molar-refractivity contribution in [3.8, 4) is 22.5 Å². The second-order valence-corrected chi connectivity index (χ2v) is 14.7. The summed E-state index contributed by atoms with van der Waals surface area (Å²) in [7, 11) is 0. The van der Waals surface area contributed by atoms with Gasteiger partial charge in [0, 0.05) is 47.9 Å². The highest BCUT2D eigenvalue weighted by Gasteiger charge is 2.39. The van der Waals surface area contributed by atoms with Crippen molar-refractivity contribution in [1.29, 1.82) is 0 Å². The molecule has 1 aliphatic heterocycles. The highest BCUT2D eigenvalue weighted by molar-refractivity contribution is 7.14. The molecule has 2 amide bonds. The number of nitrogens with one attached hydrogen (secondary N) is 1. The third-order valence-corrected chi connectivity index (χ3v) is 11.4. The summed E-state index contributed by atoms with van der Waals surface area (Å²) >= 11 is 1.42. The maximum atomic E-state index is 13.4. The van der Waals surface area contributed by atoms with Crippen LogP contribution in [0.15, 0.2) is 73.1 Å². The van der Waals surface area contributed by atoms with E-state index in [1.165, 1.54) is 53.9 Å². The van der Waals surface area contributed by atoms with E-state index in [0.717, 1.165) is 33.0 Å². The first-order valence-corrected chi connectivity index (χ1v) is 17.9. The number of hydrogen-bond donors (Lipinski definition) is 2. The predicted molar refractivity (Wildman–Crippen MR) is 189 cm³/mol. The summed E-state index contributed by atoms with van der Waals surface area (Å²) in [5, 5.41) is 12.2. The molecular formula is C39H44N4O4S. The fraction of sp³-hybridized carbons (Fsp3) is 0.410. The summed E-state index contributed by atoms with van der Waals surface area (Å²) in [6.45, 7) is 6.74. The van der Waals surface area contributed by atoms with Gasteiger partial charge in [0.05, 0.1) is 10.8 Å². The van der Waals surface area contributed by atoms with Crippen molar-refractivity contribution in [2.45, 2.75) is 77.2 Å². The van der Waals surface area contributed by atoms with Gasteiger partial charge in [-0.05, 0) is 72.3 Å². The molecule has 8 nitrogen and oxygen atoms in total. The van der Waals surface area contributed by atoms with Crippen molar-refractivity contribution in [3.05, 3.63) is 93.9 Å². The zero-order valence-corrected chi connectivity index (χ0v) is 28.7. The lowest BCUT2D eigenvalue weighted by atomic mass is 9.78. The predicted octanol–water partition coefficient (Wildman–Crippen LogP) is 7.56. The van der Waals surface area contributed by atoms with Crippen molar-refractivity contribution in [1.82, 2.24) is 20.2 Å². The molecule has 6 rings (SSSR count). The molecule has 1 saturated heterocycles. The fourth-order valence-corrected chi connectivity index (χ4v) is 7.67. The van der Waals surface area contributed by atoms with Gasteiger partial charge in [-0.25, -0.2) is 9.97 Å². The van der Waals surface area contributed by atoms with Crippen LogP contribution in [0.1, 0.15) is 90.4 Å². The minimum absolute atomic E-state index is 0.146. The van der Waals surface area contributed by atoms with Crippen LogP contribution in [0.2, 0.25) is 0 Å². The van der Waals surface area contributed by atoms with Crippen molar-refractivity contribution in [3.63, 3.8) is 0 Å². The number of benzene rings is 2. The van der Waals surface area contributed by atoms with E-state index in [9.17, 15) is 19.5 Å². The maximum Gasteiger partial charge on any atom is 0.310 e. The Bertz CT molecular complexity index is 1720. The topological polar surface area (TPSA) is 112 Å². The second kappa shape index (κ2) is 14.8. The number of hydrogen-bond acceptors (Lipinski definition) is 6. The molecule has 2 aromatic heterocycles. The molecule has 250 valence electrons. The SMILES string of the molecule is CCC1CCC(c2ccc(-c3cnc(-c4ccc(C[C@H](NC(=O)c5ccc(C(C)C)s5)C(=O)N5CC(C(=O)O)C5)cc4)nc3)cc2)CC1. The molecule has 0 bridgehead atoms. The zero-order valence-electron chi connectivity index (χ0n) is 27.9. The molecule has 0 radical (unpaired) electrons. The maximum absolute atomic E-state index is 13.4. The van der Waals surface area contributed by atoms with Gasteiger partial charge >= 0.3 is 5.97 Å². The Morgan fingerprint density at radius 2 is 1.52 bits per heavy atom. The quantitative estimate of drug-likeness (QED) is 0.171. The number of carbonyl (C=O) groups is 3. The van der Waals surface area contributed by atoms with Gasteiger partial charge in [-0.3, -0.25) is 14.4 Å². The summed E-state index contributed by atoms with van der Waals surface area (Å²) in [6, 6.07) is 19.5. The molecular weight excluding hydrogens is 621 g/mol.